The fraction of sp³-hybridized carbons (Fsp3) is 0.600. The van der Waals surface area contributed by atoms with Crippen LogP contribution in [0, 0.1) is 5.92 Å². The van der Waals surface area contributed by atoms with Crippen molar-refractivity contribution in [2.75, 3.05) is 19.8 Å². The lowest BCUT2D eigenvalue weighted by molar-refractivity contribution is 0.0396. The Balaban J connectivity index is 1.98. The molecule has 3 heteroatoms. The Kier molecular flexibility index (Phi) is 5.02. The van der Waals surface area contributed by atoms with Gasteiger partial charge in [-0.3, -0.25) is 0 Å². The number of hydrogen-bond acceptors (Lipinski definition) is 3. The average Bonchev–Trinajstić information content (AvgIpc) is 2.42. The number of ether oxygens (including phenoxy) is 1. The van der Waals surface area contributed by atoms with Gasteiger partial charge in [-0.2, -0.15) is 0 Å². The van der Waals surface area contributed by atoms with Crippen molar-refractivity contribution in [3.8, 4) is 5.75 Å². The zero-order valence-corrected chi connectivity index (χ0v) is 11.1. The van der Waals surface area contributed by atoms with Gasteiger partial charge in [-0.1, -0.05) is 19.1 Å². The first-order valence-corrected chi connectivity index (χ1v) is 6.88. The lowest BCUT2D eigenvalue weighted by Gasteiger charge is -2.31. The summed E-state index contributed by atoms with van der Waals surface area (Å²) in [7, 11) is 0. The van der Waals surface area contributed by atoms with Crippen LogP contribution in [0.3, 0.4) is 0 Å². The molecule has 0 saturated carbocycles. The van der Waals surface area contributed by atoms with E-state index in [9.17, 15) is 5.11 Å². The fourth-order valence-corrected chi connectivity index (χ4v) is 2.64. The van der Waals surface area contributed by atoms with Gasteiger partial charge in [-0.25, -0.2) is 0 Å². The zero-order valence-electron chi connectivity index (χ0n) is 11.1. The van der Waals surface area contributed by atoms with Gasteiger partial charge in [0.2, 0.25) is 0 Å². The van der Waals surface area contributed by atoms with Crippen molar-refractivity contribution in [2.24, 2.45) is 5.92 Å². The highest BCUT2D eigenvalue weighted by Crippen LogP contribution is 2.21. The molecule has 1 aliphatic heterocycles. The summed E-state index contributed by atoms with van der Waals surface area (Å²) >= 11 is 0. The van der Waals surface area contributed by atoms with Crippen LogP contribution in [0.25, 0.3) is 0 Å². The largest absolute Gasteiger partial charge is 0.508 e. The van der Waals surface area contributed by atoms with Crippen LogP contribution >= 0.6 is 0 Å². The molecule has 2 unspecified atom stereocenters. The van der Waals surface area contributed by atoms with Gasteiger partial charge in [0, 0.05) is 12.6 Å². The predicted octanol–water partition coefficient (Wildman–Crippen LogP) is 2.34. The number of nitrogens with one attached hydrogen (secondary N) is 1. The molecule has 1 aromatic rings. The number of aromatic hydroxyl groups is 1. The maximum atomic E-state index is 9.31. The molecule has 1 heterocycles. The van der Waals surface area contributed by atoms with Crippen LogP contribution < -0.4 is 5.32 Å². The monoisotopic (exact) mass is 249 g/mol. The van der Waals surface area contributed by atoms with Gasteiger partial charge in [0.1, 0.15) is 5.75 Å². The molecule has 0 bridgehead atoms. The first kappa shape index (κ1) is 13.4. The van der Waals surface area contributed by atoms with E-state index in [1.165, 1.54) is 18.4 Å². The molecule has 1 aliphatic rings. The van der Waals surface area contributed by atoms with Crippen molar-refractivity contribution in [3.63, 3.8) is 0 Å². The summed E-state index contributed by atoms with van der Waals surface area (Å²) in [5, 5.41) is 12.9. The second-order valence-corrected chi connectivity index (χ2v) is 5.01. The second kappa shape index (κ2) is 6.76. The van der Waals surface area contributed by atoms with Crippen molar-refractivity contribution in [3.05, 3.63) is 29.8 Å². The van der Waals surface area contributed by atoms with Gasteiger partial charge in [-0.05, 0) is 49.4 Å². The second-order valence-electron chi connectivity index (χ2n) is 5.01. The van der Waals surface area contributed by atoms with E-state index in [2.05, 4.69) is 12.2 Å². The number of phenolic OH excluding ortho intramolecular Hbond substituents is 1. The molecule has 0 radical (unpaired) electrons. The predicted molar refractivity (Wildman–Crippen MR) is 72.8 cm³/mol. The van der Waals surface area contributed by atoms with E-state index in [1.54, 1.807) is 12.1 Å². The maximum Gasteiger partial charge on any atom is 0.115 e. The number of likely N-dealkylation sites (N-methyl/N-ethyl adjacent to an activating group) is 1. The molecule has 1 saturated heterocycles. The smallest absolute Gasteiger partial charge is 0.115 e. The summed E-state index contributed by atoms with van der Waals surface area (Å²) in [5.74, 6) is 0.937. The number of rotatable bonds is 5. The highest BCUT2D eigenvalue weighted by molar-refractivity contribution is 5.26. The minimum atomic E-state index is 0.333. The first-order chi connectivity index (χ1) is 8.79. The van der Waals surface area contributed by atoms with Crippen molar-refractivity contribution < 1.29 is 9.84 Å². The Bertz CT molecular complexity index is 344. The van der Waals surface area contributed by atoms with Gasteiger partial charge in [0.25, 0.3) is 0 Å². The molecule has 2 rings (SSSR count). The highest BCUT2D eigenvalue weighted by Gasteiger charge is 2.23. The minimum absolute atomic E-state index is 0.333. The van der Waals surface area contributed by atoms with E-state index >= 15 is 0 Å². The van der Waals surface area contributed by atoms with Gasteiger partial charge < -0.3 is 15.2 Å². The zero-order chi connectivity index (χ0) is 12.8. The summed E-state index contributed by atoms with van der Waals surface area (Å²) in [6.07, 6.45) is 3.42. The van der Waals surface area contributed by atoms with E-state index in [0.29, 0.717) is 17.7 Å². The minimum Gasteiger partial charge on any atom is -0.508 e. The van der Waals surface area contributed by atoms with Crippen molar-refractivity contribution in [1.82, 2.24) is 5.32 Å². The van der Waals surface area contributed by atoms with Crippen molar-refractivity contribution in [2.45, 2.75) is 32.2 Å². The lowest BCUT2D eigenvalue weighted by atomic mass is 9.89. The topological polar surface area (TPSA) is 41.5 Å². The molecule has 0 aliphatic carbocycles. The molecule has 1 aromatic carbocycles. The van der Waals surface area contributed by atoms with Crippen LogP contribution in [-0.4, -0.2) is 30.9 Å². The van der Waals surface area contributed by atoms with Crippen molar-refractivity contribution >= 4 is 0 Å². The number of benzene rings is 1. The molecule has 3 nitrogen and oxygen atoms in total. The Labute approximate surface area is 109 Å². The van der Waals surface area contributed by atoms with E-state index < -0.39 is 0 Å². The quantitative estimate of drug-likeness (QED) is 0.841. The van der Waals surface area contributed by atoms with Crippen LogP contribution in [0.5, 0.6) is 5.75 Å². The molecule has 0 aromatic heterocycles. The van der Waals surface area contributed by atoms with Crippen LogP contribution in [0.1, 0.15) is 25.3 Å². The molecular formula is C15H23NO2. The van der Waals surface area contributed by atoms with Crippen LogP contribution in [0.15, 0.2) is 24.3 Å². The normalized spacial score (nSPS) is 21.7. The van der Waals surface area contributed by atoms with Crippen LogP contribution in [0.2, 0.25) is 0 Å². The maximum absolute atomic E-state index is 9.31. The lowest BCUT2D eigenvalue weighted by Crippen LogP contribution is -2.41. The average molecular weight is 249 g/mol. The van der Waals surface area contributed by atoms with E-state index in [0.717, 1.165) is 26.2 Å². The summed E-state index contributed by atoms with van der Waals surface area (Å²) in [4.78, 5) is 0. The molecule has 18 heavy (non-hydrogen) atoms. The number of hydrogen-bond donors (Lipinski definition) is 2. The van der Waals surface area contributed by atoms with Crippen LogP contribution in [-0.2, 0) is 11.2 Å². The third-order valence-corrected chi connectivity index (χ3v) is 3.62. The van der Waals surface area contributed by atoms with Gasteiger partial charge in [-0.15, -0.1) is 0 Å². The summed E-state index contributed by atoms with van der Waals surface area (Å²) in [5.41, 5.74) is 1.27. The Morgan fingerprint density at radius 3 is 2.78 bits per heavy atom. The van der Waals surface area contributed by atoms with E-state index in [4.69, 9.17) is 4.74 Å². The molecule has 1 fully saturated rings. The van der Waals surface area contributed by atoms with Gasteiger partial charge in [0.15, 0.2) is 0 Å². The molecular weight excluding hydrogens is 226 g/mol. The Hall–Kier alpha value is -1.06. The SMILES string of the molecule is CCNC(Cc1ccc(O)cc1)C1CCCOC1. The number of phenols is 1. The molecule has 2 atom stereocenters. The molecule has 0 spiro atoms. The fourth-order valence-electron chi connectivity index (χ4n) is 2.64. The summed E-state index contributed by atoms with van der Waals surface area (Å²) < 4.78 is 5.59. The van der Waals surface area contributed by atoms with Gasteiger partial charge in [0.05, 0.1) is 6.61 Å². The Morgan fingerprint density at radius 2 is 2.17 bits per heavy atom. The first-order valence-electron chi connectivity index (χ1n) is 6.88. The van der Waals surface area contributed by atoms with Gasteiger partial charge >= 0.3 is 0 Å². The summed E-state index contributed by atoms with van der Waals surface area (Å²) in [6, 6.07) is 8.00. The van der Waals surface area contributed by atoms with Crippen molar-refractivity contribution in [1.29, 1.82) is 0 Å². The van der Waals surface area contributed by atoms with E-state index in [1.807, 2.05) is 12.1 Å². The third kappa shape index (κ3) is 3.72. The molecule has 100 valence electrons. The third-order valence-electron chi connectivity index (χ3n) is 3.62. The standard InChI is InChI=1S/C15H23NO2/c1-2-16-15(13-4-3-9-18-11-13)10-12-5-7-14(17)8-6-12/h5-8,13,15-17H,2-4,9-11H2,1H3. The Morgan fingerprint density at radius 1 is 1.39 bits per heavy atom. The molecule has 2 N–H and O–H groups in total. The molecule has 0 amide bonds. The summed E-state index contributed by atoms with van der Waals surface area (Å²) in [6.45, 7) is 4.91. The van der Waals surface area contributed by atoms with Crippen LogP contribution in [0.4, 0.5) is 0 Å². The highest BCUT2D eigenvalue weighted by atomic mass is 16.5. The van der Waals surface area contributed by atoms with E-state index in [-0.39, 0.29) is 0 Å².